The maximum absolute atomic E-state index is 3.66. The van der Waals surface area contributed by atoms with E-state index in [9.17, 15) is 0 Å². The Morgan fingerprint density at radius 3 is 2.80 bits per heavy atom. The SMILES string of the molecule is CC1CCC(CNCCc2c[nH]c3ccccc23)CC1. The Kier molecular flexibility index (Phi) is 4.41. The van der Waals surface area contributed by atoms with Crippen molar-refractivity contribution in [3.05, 3.63) is 36.0 Å². The topological polar surface area (TPSA) is 27.8 Å². The molecule has 1 aliphatic carbocycles. The first-order chi connectivity index (χ1) is 9.83. The van der Waals surface area contributed by atoms with Crippen molar-refractivity contribution >= 4 is 10.9 Å². The molecular weight excluding hydrogens is 244 g/mol. The molecular formula is C18H26N2. The van der Waals surface area contributed by atoms with Gasteiger partial charge in [-0.1, -0.05) is 38.0 Å². The van der Waals surface area contributed by atoms with E-state index in [1.807, 2.05) is 0 Å². The number of benzene rings is 1. The Balaban J connectivity index is 1.44. The average Bonchev–Trinajstić information content (AvgIpc) is 2.89. The Hall–Kier alpha value is -1.28. The van der Waals surface area contributed by atoms with Crippen molar-refractivity contribution in [2.75, 3.05) is 13.1 Å². The van der Waals surface area contributed by atoms with E-state index in [0.29, 0.717) is 0 Å². The van der Waals surface area contributed by atoms with Crippen LogP contribution in [0.1, 0.15) is 38.2 Å². The highest BCUT2D eigenvalue weighted by atomic mass is 14.9. The Bertz CT molecular complexity index is 535. The van der Waals surface area contributed by atoms with Crippen LogP contribution in [0.15, 0.2) is 30.5 Å². The van der Waals surface area contributed by atoms with Gasteiger partial charge in [0, 0.05) is 17.1 Å². The van der Waals surface area contributed by atoms with Crippen molar-refractivity contribution in [2.24, 2.45) is 11.8 Å². The molecule has 1 aliphatic rings. The van der Waals surface area contributed by atoms with Gasteiger partial charge in [0.1, 0.15) is 0 Å². The van der Waals surface area contributed by atoms with Crippen LogP contribution in [0.4, 0.5) is 0 Å². The van der Waals surface area contributed by atoms with Crippen molar-refractivity contribution in [2.45, 2.75) is 39.0 Å². The van der Waals surface area contributed by atoms with Gasteiger partial charge in [-0.3, -0.25) is 0 Å². The minimum atomic E-state index is 0.911. The number of aromatic amines is 1. The Morgan fingerprint density at radius 2 is 1.95 bits per heavy atom. The third kappa shape index (κ3) is 3.24. The summed E-state index contributed by atoms with van der Waals surface area (Å²) in [5, 5.41) is 5.03. The van der Waals surface area contributed by atoms with Crippen molar-refractivity contribution in [3.8, 4) is 0 Å². The molecule has 2 N–H and O–H groups in total. The molecule has 2 nitrogen and oxygen atoms in total. The van der Waals surface area contributed by atoms with E-state index < -0.39 is 0 Å². The maximum atomic E-state index is 3.66. The van der Waals surface area contributed by atoms with Gasteiger partial charge in [-0.25, -0.2) is 0 Å². The molecule has 2 heteroatoms. The fourth-order valence-electron chi connectivity index (χ4n) is 3.40. The Morgan fingerprint density at radius 1 is 1.15 bits per heavy atom. The van der Waals surface area contributed by atoms with E-state index in [0.717, 1.165) is 24.8 Å². The van der Waals surface area contributed by atoms with Gasteiger partial charge < -0.3 is 10.3 Å². The molecule has 0 atom stereocenters. The first-order valence-electron chi connectivity index (χ1n) is 8.08. The fourth-order valence-corrected chi connectivity index (χ4v) is 3.40. The lowest BCUT2D eigenvalue weighted by molar-refractivity contribution is 0.282. The zero-order valence-corrected chi connectivity index (χ0v) is 12.5. The molecule has 1 saturated carbocycles. The number of hydrogen-bond donors (Lipinski definition) is 2. The number of aromatic nitrogens is 1. The van der Waals surface area contributed by atoms with Crippen LogP contribution in [0.25, 0.3) is 10.9 Å². The monoisotopic (exact) mass is 270 g/mol. The van der Waals surface area contributed by atoms with E-state index in [-0.39, 0.29) is 0 Å². The highest BCUT2D eigenvalue weighted by Gasteiger charge is 2.17. The summed E-state index contributed by atoms with van der Waals surface area (Å²) in [5.74, 6) is 1.87. The van der Waals surface area contributed by atoms with Crippen LogP contribution in [0.3, 0.4) is 0 Å². The van der Waals surface area contributed by atoms with Crippen molar-refractivity contribution in [3.63, 3.8) is 0 Å². The van der Waals surface area contributed by atoms with Crippen molar-refractivity contribution < 1.29 is 0 Å². The molecule has 0 radical (unpaired) electrons. The Labute approximate surface area is 122 Å². The van der Waals surface area contributed by atoms with Crippen LogP contribution in [-0.4, -0.2) is 18.1 Å². The normalized spacial score (nSPS) is 23.2. The lowest BCUT2D eigenvalue weighted by Gasteiger charge is -2.26. The number of hydrogen-bond acceptors (Lipinski definition) is 1. The molecule has 1 heterocycles. The zero-order chi connectivity index (χ0) is 13.8. The molecule has 0 unspecified atom stereocenters. The largest absolute Gasteiger partial charge is 0.361 e. The van der Waals surface area contributed by atoms with Crippen LogP contribution in [0, 0.1) is 11.8 Å². The summed E-state index contributed by atoms with van der Waals surface area (Å²) in [7, 11) is 0. The minimum absolute atomic E-state index is 0.911. The maximum Gasteiger partial charge on any atom is 0.0456 e. The molecule has 0 spiro atoms. The summed E-state index contributed by atoms with van der Waals surface area (Å²) in [6.45, 7) is 4.68. The first-order valence-corrected chi connectivity index (χ1v) is 8.08. The fraction of sp³-hybridized carbons (Fsp3) is 0.556. The van der Waals surface area contributed by atoms with Crippen LogP contribution < -0.4 is 5.32 Å². The third-order valence-electron chi connectivity index (χ3n) is 4.81. The summed E-state index contributed by atoms with van der Waals surface area (Å²) in [6, 6.07) is 8.57. The predicted octanol–water partition coefficient (Wildman–Crippen LogP) is 4.13. The number of nitrogens with one attached hydrogen (secondary N) is 2. The van der Waals surface area contributed by atoms with Crippen molar-refractivity contribution in [1.29, 1.82) is 0 Å². The predicted molar refractivity (Wildman–Crippen MR) is 86.0 cm³/mol. The van der Waals surface area contributed by atoms with Crippen LogP contribution in [0.5, 0.6) is 0 Å². The average molecular weight is 270 g/mol. The molecule has 0 bridgehead atoms. The minimum Gasteiger partial charge on any atom is -0.361 e. The molecule has 1 fully saturated rings. The summed E-state index contributed by atoms with van der Waals surface area (Å²) < 4.78 is 0. The highest BCUT2D eigenvalue weighted by molar-refractivity contribution is 5.83. The molecule has 0 aliphatic heterocycles. The molecule has 1 aromatic heterocycles. The van der Waals surface area contributed by atoms with Gasteiger partial charge in [0.15, 0.2) is 0 Å². The second-order valence-electron chi connectivity index (χ2n) is 6.44. The van der Waals surface area contributed by atoms with Gasteiger partial charge >= 0.3 is 0 Å². The summed E-state index contributed by atoms with van der Waals surface area (Å²) in [6.07, 6.45) is 8.97. The molecule has 0 saturated heterocycles. The summed E-state index contributed by atoms with van der Waals surface area (Å²) in [5.41, 5.74) is 2.69. The second-order valence-corrected chi connectivity index (χ2v) is 6.44. The molecule has 2 aromatic rings. The number of rotatable bonds is 5. The lowest BCUT2D eigenvalue weighted by Crippen LogP contribution is -2.27. The molecule has 20 heavy (non-hydrogen) atoms. The van der Waals surface area contributed by atoms with Gasteiger partial charge in [0.2, 0.25) is 0 Å². The van der Waals surface area contributed by atoms with Gasteiger partial charge in [0.05, 0.1) is 0 Å². The lowest BCUT2D eigenvalue weighted by atomic mass is 9.83. The van der Waals surface area contributed by atoms with Crippen molar-refractivity contribution in [1.82, 2.24) is 10.3 Å². The van der Waals surface area contributed by atoms with E-state index in [1.54, 1.807) is 0 Å². The molecule has 3 rings (SSSR count). The summed E-state index contributed by atoms with van der Waals surface area (Å²) in [4.78, 5) is 3.36. The van der Waals surface area contributed by atoms with Gasteiger partial charge in [-0.2, -0.15) is 0 Å². The zero-order valence-electron chi connectivity index (χ0n) is 12.5. The molecule has 0 amide bonds. The molecule has 108 valence electrons. The van der Waals surface area contributed by atoms with E-state index in [1.165, 1.54) is 48.7 Å². The van der Waals surface area contributed by atoms with E-state index in [4.69, 9.17) is 0 Å². The van der Waals surface area contributed by atoms with Crippen LogP contribution in [-0.2, 0) is 6.42 Å². The quantitative estimate of drug-likeness (QED) is 0.786. The van der Waals surface area contributed by atoms with Gasteiger partial charge in [0.25, 0.3) is 0 Å². The molecule has 1 aromatic carbocycles. The van der Waals surface area contributed by atoms with E-state index in [2.05, 4.69) is 47.7 Å². The van der Waals surface area contributed by atoms with Gasteiger partial charge in [-0.05, 0) is 55.8 Å². The van der Waals surface area contributed by atoms with Crippen LogP contribution in [0.2, 0.25) is 0 Å². The number of fused-ring (bicyclic) bond motifs is 1. The highest BCUT2D eigenvalue weighted by Crippen LogP contribution is 2.27. The summed E-state index contributed by atoms with van der Waals surface area (Å²) >= 11 is 0. The number of H-pyrrole nitrogens is 1. The smallest absolute Gasteiger partial charge is 0.0456 e. The second kappa shape index (κ2) is 6.45. The van der Waals surface area contributed by atoms with E-state index >= 15 is 0 Å². The first kappa shape index (κ1) is 13.7. The standard InChI is InChI=1S/C18H26N2/c1-14-6-8-15(9-7-14)12-19-11-10-16-13-20-18-5-3-2-4-17(16)18/h2-5,13-15,19-20H,6-12H2,1H3. The number of para-hydroxylation sites is 1. The van der Waals surface area contributed by atoms with Crippen LogP contribution >= 0.6 is 0 Å². The third-order valence-corrected chi connectivity index (χ3v) is 4.81. The van der Waals surface area contributed by atoms with Gasteiger partial charge in [-0.15, -0.1) is 0 Å².